The van der Waals surface area contributed by atoms with Crippen molar-refractivity contribution in [3.63, 3.8) is 0 Å². The molecule has 1 aromatic carbocycles. The van der Waals surface area contributed by atoms with Crippen LogP contribution >= 0.6 is 23.1 Å². The molecule has 0 spiro atoms. The summed E-state index contributed by atoms with van der Waals surface area (Å²) in [5.41, 5.74) is 0.791. The monoisotopic (exact) mass is 308 g/mol. The number of hydrogen-bond donors (Lipinski definition) is 3. The summed E-state index contributed by atoms with van der Waals surface area (Å²) in [6.45, 7) is 0.176. The topological polar surface area (TPSA) is 61.4 Å². The third kappa shape index (κ3) is 4.26. The summed E-state index contributed by atoms with van der Waals surface area (Å²) in [7, 11) is 0. The normalized spacial score (nSPS) is 11.9. The van der Waals surface area contributed by atoms with E-state index in [1.165, 1.54) is 11.3 Å². The number of hydrogen-bond acceptors (Lipinski definition) is 4. The smallest absolute Gasteiger partial charge is 0.319 e. The molecular formula is C14H16N2O2S2. The van der Waals surface area contributed by atoms with Gasteiger partial charge >= 0.3 is 6.03 Å². The Balaban J connectivity index is 1.81. The Morgan fingerprint density at radius 1 is 1.35 bits per heavy atom. The van der Waals surface area contributed by atoms with Crippen LogP contribution in [0.2, 0.25) is 0 Å². The zero-order valence-electron chi connectivity index (χ0n) is 11.0. The van der Waals surface area contributed by atoms with Gasteiger partial charge in [0, 0.05) is 11.4 Å². The van der Waals surface area contributed by atoms with Crippen LogP contribution in [0.3, 0.4) is 0 Å². The number of carbonyl (C=O) groups excluding carboxylic acids is 1. The molecule has 0 aliphatic rings. The lowest BCUT2D eigenvalue weighted by Gasteiger charge is -2.13. The van der Waals surface area contributed by atoms with E-state index in [4.69, 9.17) is 0 Å². The van der Waals surface area contributed by atoms with Gasteiger partial charge in [-0.05, 0) is 41.5 Å². The van der Waals surface area contributed by atoms with Crippen LogP contribution in [0.4, 0.5) is 9.80 Å². The van der Waals surface area contributed by atoms with Crippen molar-refractivity contribution in [2.24, 2.45) is 0 Å². The molecule has 1 heterocycles. The van der Waals surface area contributed by atoms with Gasteiger partial charge in [0.2, 0.25) is 0 Å². The Bertz CT molecular complexity index is 541. The molecule has 0 bridgehead atoms. The van der Waals surface area contributed by atoms with Crippen molar-refractivity contribution in [1.82, 2.24) is 5.32 Å². The van der Waals surface area contributed by atoms with E-state index in [0.717, 1.165) is 15.5 Å². The maximum Gasteiger partial charge on any atom is 0.319 e. The molecule has 0 saturated heterocycles. The Morgan fingerprint density at radius 2 is 2.10 bits per heavy atom. The highest BCUT2D eigenvalue weighted by molar-refractivity contribution is 7.98. The molecule has 0 aliphatic heterocycles. The average molecular weight is 308 g/mol. The molecule has 106 valence electrons. The molecule has 1 unspecified atom stereocenters. The molecule has 3 N–H and O–H groups in total. The number of urea groups is 1. The van der Waals surface area contributed by atoms with Gasteiger partial charge in [-0.25, -0.2) is 4.79 Å². The molecule has 1 aromatic heterocycles. The minimum absolute atomic E-state index is 0.176. The first-order chi connectivity index (χ1) is 9.69. The second-order valence-corrected chi connectivity index (χ2v) is 5.93. The number of nitrogens with one attached hydrogen (secondary N) is 2. The van der Waals surface area contributed by atoms with Crippen molar-refractivity contribution >= 4 is 34.1 Å². The predicted octanol–water partition coefficient (Wildman–Crippen LogP) is 3.33. The lowest BCUT2D eigenvalue weighted by atomic mass is 10.1. The summed E-state index contributed by atoms with van der Waals surface area (Å²) >= 11 is 3.10. The first-order valence-electron chi connectivity index (χ1n) is 6.09. The standard InChI is InChI=1S/C14H16N2O2S2/c1-19-11-6-4-10(5-7-11)12(17)9-15-14(18)16-13-3-2-8-20-13/h2-8,12,17H,9H2,1H3,(H2,15,16,18). The first-order valence-corrected chi connectivity index (χ1v) is 8.20. The third-order valence-corrected chi connectivity index (χ3v) is 4.24. The van der Waals surface area contributed by atoms with Crippen molar-refractivity contribution in [3.8, 4) is 0 Å². The molecule has 6 heteroatoms. The van der Waals surface area contributed by atoms with Gasteiger partial charge in [-0.3, -0.25) is 5.32 Å². The van der Waals surface area contributed by atoms with Crippen LogP contribution in [-0.2, 0) is 0 Å². The van der Waals surface area contributed by atoms with Crippen molar-refractivity contribution in [3.05, 3.63) is 47.3 Å². The highest BCUT2D eigenvalue weighted by atomic mass is 32.2. The van der Waals surface area contributed by atoms with Gasteiger partial charge in [0.1, 0.15) is 0 Å². The summed E-state index contributed by atoms with van der Waals surface area (Å²) in [4.78, 5) is 12.8. The highest BCUT2D eigenvalue weighted by Gasteiger charge is 2.09. The second kappa shape index (κ2) is 7.33. The minimum atomic E-state index is -0.708. The van der Waals surface area contributed by atoms with E-state index in [-0.39, 0.29) is 12.6 Å². The summed E-state index contributed by atoms with van der Waals surface area (Å²) in [5, 5.41) is 18.0. The SMILES string of the molecule is CSc1ccc(C(O)CNC(=O)Nc2cccs2)cc1. The zero-order valence-corrected chi connectivity index (χ0v) is 12.6. The van der Waals surface area contributed by atoms with Crippen molar-refractivity contribution in [2.45, 2.75) is 11.0 Å². The molecule has 0 saturated carbocycles. The second-order valence-electron chi connectivity index (χ2n) is 4.10. The number of carbonyl (C=O) groups is 1. The molecule has 0 fully saturated rings. The largest absolute Gasteiger partial charge is 0.387 e. The van der Waals surface area contributed by atoms with Crippen molar-refractivity contribution in [1.29, 1.82) is 0 Å². The fourth-order valence-electron chi connectivity index (χ4n) is 1.64. The number of thiophene rings is 1. The number of aliphatic hydroxyl groups excluding tert-OH is 1. The Hall–Kier alpha value is -1.50. The van der Waals surface area contributed by atoms with Gasteiger partial charge in [-0.15, -0.1) is 23.1 Å². The molecule has 0 radical (unpaired) electrons. The predicted molar refractivity (Wildman–Crippen MR) is 84.5 cm³/mol. The van der Waals surface area contributed by atoms with Crippen LogP contribution in [0.25, 0.3) is 0 Å². The molecule has 2 amide bonds. The number of rotatable bonds is 5. The molecule has 1 atom stereocenters. The van der Waals surface area contributed by atoms with Crippen LogP contribution in [0.5, 0.6) is 0 Å². The number of aliphatic hydroxyl groups is 1. The van der Waals surface area contributed by atoms with Crippen LogP contribution < -0.4 is 10.6 Å². The number of anilines is 1. The van der Waals surface area contributed by atoms with Gasteiger partial charge in [0.15, 0.2) is 0 Å². The van der Waals surface area contributed by atoms with Crippen LogP contribution in [0, 0.1) is 0 Å². The van der Waals surface area contributed by atoms with Crippen LogP contribution in [0.15, 0.2) is 46.7 Å². The highest BCUT2D eigenvalue weighted by Crippen LogP contribution is 2.19. The minimum Gasteiger partial charge on any atom is -0.387 e. The van der Waals surface area contributed by atoms with E-state index in [1.54, 1.807) is 11.8 Å². The summed E-state index contributed by atoms with van der Waals surface area (Å²) < 4.78 is 0. The molecular weight excluding hydrogens is 292 g/mol. The van der Waals surface area contributed by atoms with Crippen LogP contribution in [0.1, 0.15) is 11.7 Å². The van der Waals surface area contributed by atoms with E-state index in [9.17, 15) is 9.90 Å². The maximum atomic E-state index is 11.6. The number of benzene rings is 1. The molecule has 20 heavy (non-hydrogen) atoms. The molecule has 2 rings (SSSR count). The summed E-state index contributed by atoms with van der Waals surface area (Å²) in [5.74, 6) is 0. The fraction of sp³-hybridized carbons (Fsp3) is 0.214. The van der Waals surface area contributed by atoms with Gasteiger partial charge in [-0.2, -0.15) is 0 Å². The van der Waals surface area contributed by atoms with Crippen LogP contribution in [-0.4, -0.2) is 23.9 Å². The van der Waals surface area contributed by atoms with Gasteiger partial charge in [0.25, 0.3) is 0 Å². The molecule has 4 nitrogen and oxygen atoms in total. The quantitative estimate of drug-likeness (QED) is 0.743. The Labute approximate surface area is 126 Å². The van der Waals surface area contributed by atoms with E-state index < -0.39 is 6.10 Å². The zero-order chi connectivity index (χ0) is 14.4. The number of thioether (sulfide) groups is 1. The maximum absolute atomic E-state index is 11.6. The van der Waals surface area contributed by atoms with Gasteiger partial charge in [0.05, 0.1) is 11.1 Å². The van der Waals surface area contributed by atoms with Crippen molar-refractivity contribution < 1.29 is 9.90 Å². The molecule has 0 aliphatic carbocycles. The fourth-order valence-corrected chi connectivity index (χ4v) is 2.66. The van der Waals surface area contributed by atoms with E-state index >= 15 is 0 Å². The molecule has 2 aromatic rings. The van der Waals surface area contributed by atoms with E-state index in [2.05, 4.69) is 10.6 Å². The lowest BCUT2D eigenvalue weighted by Crippen LogP contribution is -2.32. The van der Waals surface area contributed by atoms with E-state index in [1.807, 2.05) is 48.0 Å². The van der Waals surface area contributed by atoms with E-state index in [0.29, 0.717) is 0 Å². The first kappa shape index (κ1) is 14.9. The third-order valence-electron chi connectivity index (χ3n) is 2.71. The van der Waals surface area contributed by atoms with Gasteiger partial charge in [-0.1, -0.05) is 12.1 Å². The Kier molecular flexibility index (Phi) is 5.46. The average Bonchev–Trinajstić information content (AvgIpc) is 2.97. The van der Waals surface area contributed by atoms with Gasteiger partial charge < -0.3 is 10.4 Å². The lowest BCUT2D eigenvalue weighted by molar-refractivity contribution is 0.175. The number of amides is 2. The summed E-state index contributed by atoms with van der Waals surface area (Å²) in [6, 6.07) is 11.0. The summed E-state index contributed by atoms with van der Waals surface area (Å²) in [6.07, 6.45) is 1.29. The Morgan fingerprint density at radius 3 is 2.70 bits per heavy atom. The van der Waals surface area contributed by atoms with Crippen molar-refractivity contribution in [2.75, 3.05) is 18.1 Å².